The molecule has 6 heteroatoms. The molecule has 1 rings (SSSR count). The van der Waals surface area contributed by atoms with Crippen molar-refractivity contribution < 1.29 is 13.9 Å². The Bertz CT molecular complexity index is 449. The van der Waals surface area contributed by atoms with Crippen LogP contribution < -0.4 is 10.6 Å². The fraction of sp³-hybridized carbons (Fsp3) is 0.600. The lowest BCUT2D eigenvalue weighted by Crippen LogP contribution is -2.38. The average molecular weight is 297 g/mol. The Hall–Kier alpha value is -1.69. The van der Waals surface area contributed by atoms with Crippen LogP contribution in [0.25, 0.3) is 0 Å². The number of aromatic nitrogens is 1. The van der Waals surface area contributed by atoms with Crippen molar-refractivity contribution in [1.29, 1.82) is 0 Å². The first-order valence-electron chi connectivity index (χ1n) is 7.32. The number of nitrogens with zero attached hydrogens (tertiary/aromatic N) is 1. The normalized spacial score (nSPS) is 12.0. The van der Waals surface area contributed by atoms with Crippen LogP contribution >= 0.6 is 0 Å². The van der Waals surface area contributed by atoms with Crippen LogP contribution in [-0.2, 0) is 4.74 Å². The number of pyridine rings is 1. The minimum atomic E-state index is -0.615. The summed E-state index contributed by atoms with van der Waals surface area (Å²) in [5.74, 6) is -0.940. The van der Waals surface area contributed by atoms with Gasteiger partial charge in [-0.2, -0.15) is 0 Å². The van der Waals surface area contributed by atoms with E-state index in [-0.39, 0.29) is 17.4 Å². The van der Waals surface area contributed by atoms with Crippen LogP contribution in [0.3, 0.4) is 0 Å². The van der Waals surface area contributed by atoms with Crippen molar-refractivity contribution in [2.75, 3.05) is 25.6 Å². The van der Waals surface area contributed by atoms with Crippen LogP contribution in [-0.4, -0.2) is 37.2 Å². The molecule has 5 nitrogen and oxygen atoms in total. The number of ether oxygens (including phenoxy) is 1. The Morgan fingerprint density at radius 2 is 2.19 bits per heavy atom. The van der Waals surface area contributed by atoms with Crippen molar-refractivity contribution >= 4 is 11.7 Å². The molecule has 2 N–H and O–H groups in total. The van der Waals surface area contributed by atoms with Crippen molar-refractivity contribution in [3.63, 3.8) is 0 Å². The molecule has 0 spiro atoms. The topological polar surface area (TPSA) is 63.2 Å². The Kier molecular flexibility index (Phi) is 7.68. The van der Waals surface area contributed by atoms with Gasteiger partial charge in [-0.05, 0) is 18.9 Å². The summed E-state index contributed by atoms with van der Waals surface area (Å²) >= 11 is 0. The molecule has 1 aromatic rings. The van der Waals surface area contributed by atoms with Gasteiger partial charge in [0.05, 0.1) is 18.2 Å². The number of amides is 1. The monoisotopic (exact) mass is 297 g/mol. The maximum absolute atomic E-state index is 14.3. The zero-order chi connectivity index (χ0) is 15.7. The van der Waals surface area contributed by atoms with Crippen LogP contribution in [0.1, 0.15) is 43.5 Å². The Morgan fingerprint density at radius 1 is 1.43 bits per heavy atom. The van der Waals surface area contributed by atoms with E-state index in [4.69, 9.17) is 4.74 Å². The van der Waals surface area contributed by atoms with E-state index < -0.39 is 11.7 Å². The van der Waals surface area contributed by atoms with E-state index in [0.29, 0.717) is 13.2 Å². The van der Waals surface area contributed by atoms with Crippen molar-refractivity contribution in [1.82, 2.24) is 10.3 Å². The van der Waals surface area contributed by atoms with Gasteiger partial charge in [0.25, 0.3) is 5.91 Å². The van der Waals surface area contributed by atoms with Crippen LogP contribution in [0.5, 0.6) is 0 Å². The zero-order valence-electron chi connectivity index (χ0n) is 12.9. The summed E-state index contributed by atoms with van der Waals surface area (Å²) in [4.78, 5) is 16.1. The van der Waals surface area contributed by atoms with Crippen LogP contribution in [0.2, 0.25) is 0 Å². The van der Waals surface area contributed by atoms with E-state index in [1.54, 1.807) is 7.11 Å². The molecular weight excluding hydrogens is 273 g/mol. The highest BCUT2D eigenvalue weighted by Gasteiger charge is 2.18. The molecule has 1 unspecified atom stereocenters. The molecule has 21 heavy (non-hydrogen) atoms. The summed E-state index contributed by atoms with van der Waals surface area (Å²) < 4.78 is 19.3. The molecule has 1 amide bonds. The summed E-state index contributed by atoms with van der Waals surface area (Å²) in [6, 6.07) is 1.27. The molecular formula is C15H24FN3O2. The lowest BCUT2D eigenvalue weighted by atomic mass is 10.1. The second-order valence-electron chi connectivity index (χ2n) is 4.86. The fourth-order valence-corrected chi connectivity index (χ4v) is 2.00. The van der Waals surface area contributed by atoms with Crippen molar-refractivity contribution in [2.24, 2.45) is 0 Å². The smallest absolute Gasteiger partial charge is 0.254 e. The number of carbonyl (C=O) groups excluding carboxylic acids is 1. The summed E-state index contributed by atoms with van der Waals surface area (Å²) in [5, 5.41) is 5.67. The molecule has 0 aliphatic carbocycles. The molecule has 0 fully saturated rings. The summed E-state index contributed by atoms with van der Waals surface area (Å²) in [7, 11) is 1.58. The first kappa shape index (κ1) is 17.4. The van der Waals surface area contributed by atoms with E-state index in [9.17, 15) is 9.18 Å². The molecule has 1 heterocycles. The molecule has 1 aromatic heterocycles. The minimum absolute atomic E-state index is 0.000749. The second kappa shape index (κ2) is 9.28. The number of anilines is 1. The molecule has 0 saturated heterocycles. The lowest BCUT2D eigenvalue weighted by molar-refractivity contribution is 0.0887. The number of methoxy groups -OCH3 is 1. The van der Waals surface area contributed by atoms with E-state index in [0.717, 1.165) is 19.3 Å². The van der Waals surface area contributed by atoms with Crippen LogP contribution in [0.15, 0.2) is 12.3 Å². The maximum Gasteiger partial charge on any atom is 0.254 e. The van der Waals surface area contributed by atoms with Gasteiger partial charge >= 0.3 is 0 Å². The Balaban J connectivity index is 2.81. The molecule has 118 valence electrons. The van der Waals surface area contributed by atoms with Gasteiger partial charge < -0.3 is 15.4 Å². The van der Waals surface area contributed by atoms with Crippen LogP contribution in [0, 0.1) is 5.82 Å². The Labute approximate surface area is 125 Å². The van der Waals surface area contributed by atoms with Crippen molar-refractivity contribution in [3.05, 3.63) is 23.6 Å². The first-order chi connectivity index (χ1) is 10.1. The molecule has 0 radical (unpaired) electrons. The highest BCUT2D eigenvalue weighted by Crippen LogP contribution is 2.15. The number of hydrogen-bond acceptors (Lipinski definition) is 4. The standard InChI is InChI=1S/C15H24FN3O2/c1-4-6-11(10-21-3)19-15(20)12-7-9-18-14(13(12)16)17-8-5-2/h7,9,11H,4-6,8,10H2,1-3H3,(H,17,18)(H,19,20). The molecule has 1 atom stereocenters. The molecule has 0 saturated carbocycles. The van der Waals surface area contributed by atoms with Gasteiger partial charge in [0.2, 0.25) is 0 Å². The van der Waals surface area contributed by atoms with Crippen LogP contribution in [0.4, 0.5) is 10.2 Å². The Morgan fingerprint density at radius 3 is 2.81 bits per heavy atom. The van der Waals surface area contributed by atoms with Crippen molar-refractivity contribution in [3.8, 4) is 0 Å². The molecule has 0 aliphatic rings. The third kappa shape index (κ3) is 5.30. The predicted octanol–water partition coefficient (Wildman–Crippen LogP) is 2.59. The average Bonchev–Trinajstić information content (AvgIpc) is 2.46. The highest BCUT2D eigenvalue weighted by molar-refractivity contribution is 5.95. The number of hydrogen-bond donors (Lipinski definition) is 2. The quantitative estimate of drug-likeness (QED) is 0.735. The van der Waals surface area contributed by atoms with Gasteiger partial charge in [-0.1, -0.05) is 20.3 Å². The molecule has 0 aromatic carbocycles. The summed E-state index contributed by atoms with van der Waals surface area (Å²) in [6.45, 7) is 5.01. The summed E-state index contributed by atoms with van der Waals surface area (Å²) in [6.07, 6.45) is 3.98. The van der Waals surface area contributed by atoms with E-state index in [2.05, 4.69) is 15.6 Å². The van der Waals surface area contributed by atoms with E-state index in [1.807, 2.05) is 13.8 Å². The van der Waals surface area contributed by atoms with Gasteiger partial charge in [0, 0.05) is 19.9 Å². The fourth-order valence-electron chi connectivity index (χ4n) is 2.00. The number of rotatable bonds is 9. The predicted molar refractivity (Wildman–Crippen MR) is 81.0 cm³/mol. The molecule has 0 aliphatic heterocycles. The number of halogens is 1. The van der Waals surface area contributed by atoms with Gasteiger partial charge in [0.15, 0.2) is 11.6 Å². The number of carbonyl (C=O) groups is 1. The largest absolute Gasteiger partial charge is 0.383 e. The number of nitrogens with one attached hydrogen (secondary N) is 2. The van der Waals surface area contributed by atoms with Gasteiger partial charge in [0.1, 0.15) is 0 Å². The molecule has 0 bridgehead atoms. The lowest BCUT2D eigenvalue weighted by Gasteiger charge is -2.17. The van der Waals surface area contributed by atoms with Gasteiger partial charge in [-0.3, -0.25) is 4.79 Å². The van der Waals surface area contributed by atoms with Gasteiger partial charge in [-0.15, -0.1) is 0 Å². The van der Waals surface area contributed by atoms with E-state index >= 15 is 0 Å². The van der Waals surface area contributed by atoms with E-state index in [1.165, 1.54) is 12.3 Å². The van der Waals surface area contributed by atoms with Gasteiger partial charge in [-0.25, -0.2) is 9.37 Å². The summed E-state index contributed by atoms with van der Waals surface area (Å²) in [5.41, 5.74) is 0.000749. The zero-order valence-corrected chi connectivity index (χ0v) is 12.9. The maximum atomic E-state index is 14.3. The minimum Gasteiger partial charge on any atom is -0.383 e. The third-order valence-electron chi connectivity index (χ3n) is 3.02. The highest BCUT2D eigenvalue weighted by atomic mass is 19.1. The second-order valence-corrected chi connectivity index (χ2v) is 4.86. The SMILES string of the molecule is CCCNc1nccc(C(=O)NC(CCC)COC)c1F. The first-order valence-corrected chi connectivity index (χ1v) is 7.32. The third-order valence-corrected chi connectivity index (χ3v) is 3.02. The van der Waals surface area contributed by atoms with Crippen molar-refractivity contribution in [2.45, 2.75) is 39.2 Å².